The molecule has 1 unspecified atom stereocenters. The Morgan fingerprint density at radius 2 is 2.05 bits per heavy atom. The molecule has 2 saturated heterocycles. The maximum atomic E-state index is 11.8. The Bertz CT molecular complexity index is 554. The molecular weight excluding hydrogens is 286 g/mol. The van der Waals surface area contributed by atoms with Crippen LogP contribution in [0.25, 0.3) is 0 Å². The summed E-state index contributed by atoms with van der Waals surface area (Å²) in [6, 6.07) is 6.41. The summed E-state index contributed by atoms with van der Waals surface area (Å²) in [6.07, 6.45) is 5.56. The van der Waals surface area contributed by atoms with Gasteiger partial charge in [-0.2, -0.15) is 0 Å². The van der Waals surface area contributed by atoms with Crippen molar-refractivity contribution in [1.29, 1.82) is 0 Å². The Morgan fingerprint density at radius 3 is 2.67 bits per heavy atom. The summed E-state index contributed by atoms with van der Waals surface area (Å²) in [5.41, 5.74) is 0. The summed E-state index contributed by atoms with van der Waals surface area (Å²) >= 11 is 0. The zero-order valence-corrected chi connectivity index (χ0v) is 13.1. The Morgan fingerprint density at radius 1 is 1.24 bits per heavy atom. The average Bonchev–Trinajstić information content (AvgIpc) is 2.85. The molecule has 3 heterocycles. The maximum absolute atomic E-state index is 11.8. The van der Waals surface area contributed by atoms with Crippen molar-refractivity contribution in [1.82, 2.24) is 10.3 Å². The number of hydrogen-bond donors (Lipinski definition) is 1. The lowest BCUT2D eigenvalue weighted by molar-refractivity contribution is 0.410. The third-order valence-corrected chi connectivity index (χ3v) is 6.84. The summed E-state index contributed by atoms with van der Waals surface area (Å²) < 4.78 is 23.6. The predicted molar refractivity (Wildman–Crippen MR) is 84.3 cm³/mol. The molecule has 2 fully saturated rings. The van der Waals surface area contributed by atoms with Crippen molar-refractivity contribution in [3.63, 3.8) is 0 Å². The summed E-state index contributed by atoms with van der Waals surface area (Å²) in [6.45, 7) is 2.58. The van der Waals surface area contributed by atoms with Gasteiger partial charge in [0.15, 0.2) is 9.84 Å². The maximum Gasteiger partial charge on any atom is 0.154 e. The fraction of sp³-hybridized carbons (Fsp3) is 0.667. The fourth-order valence-electron chi connectivity index (χ4n) is 3.24. The summed E-state index contributed by atoms with van der Waals surface area (Å²) in [5.74, 6) is 1.41. The molecule has 0 spiro atoms. The molecule has 0 amide bonds. The van der Waals surface area contributed by atoms with Crippen LogP contribution in [0, 0.1) is 0 Å². The second-order valence-corrected chi connectivity index (χ2v) is 8.39. The topological polar surface area (TPSA) is 62.3 Å². The molecule has 5 nitrogen and oxygen atoms in total. The van der Waals surface area contributed by atoms with Crippen LogP contribution in [0.3, 0.4) is 0 Å². The summed E-state index contributed by atoms with van der Waals surface area (Å²) in [7, 11) is -2.82. The van der Waals surface area contributed by atoms with Crippen molar-refractivity contribution in [2.45, 2.75) is 37.0 Å². The highest BCUT2D eigenvalue weighted by Gasteiger charge is 2.31. The van der Waals surface area contributed by atoms with Crippen LogP contribution >= 0.6 is 0 Å². The molecule has 2 aliphatic heterocycles. The quantitative estimate of drug-likeness (QED) is 0.906. The third kappa shape index (κ3) is 3.55. The molecule has 1 aromatic rings. The smallest absolute Gasteiger partial charge is 0.154 e. The number of rotatable bonds is 4. The fourth-order valence-corrected chi connectivity index (χ4v) is 5.02. The van der Waals surface area contributed by atoms with Gasteiger partial charge in [-0.3, -0.25) is 0 Å². The predicted octanol–water partition coefficient (Wildman–Crippen LogP) is 1.22. The van der Waals surface area contributed by atoms with E-state index in [0.29, 0.717) is 18.3 Å². The van der Waals surface area contributed by atoms with E-state index in [4.69, 9.17) is 0 Å². The first-order chi connectivity index (χ1) is 10.1. The summed E-state index contributed by atoms with van der Waals surface area (Å²) in [5, 5.41) is 3.30. The van der Waals surface area contributed by atoms with Crippen LogP contribution in [0.15, 0.2) is 24.4 Å². The highest BCUT2D eigenvalue weighted by Crippen LogP contribution is 2.21. The number of aromatic nitrogens is 1. The zero-order valence-electron chi connectivity index (χ0n) is 12.2. The number of hydrogen-bond acceptors (Lipinski definition) is 5. The Labute approximate surface area is 126 Å². The van der Waals surface area contributed by atoms with Gasteiger partial charge in [-0.15, -0.1) is 0 Å². The number of sulfone groups is 1. The normalized spacial score (nSPS) is 26.1. The number of pyridine rings is 1. The second kappa shape index (κ2) is 6.32. The van der Waals surface area contributed by atoms with Crippen molar-refractivity contribution in [3.05, 3.63) is 24.4 Å². The Kier molecular flexibility index (Phi) is 4.45. The van der Waals surface area contributed by atoms with Crippen LogP contribution in [0.4, 0.5) is 5.82 Å². The van der Waals surface area contributed by atoms with Crippen LogP contribution in [-0.2, 0) is 9.84 Å². The monoisotopic (exact) mass is 309 g/mol. The molecule has 0 aliphatic carbocycles. The molecule has 2 aliphatic rings. The first-order valence-electron chi connectivity index (χ1n) is 7.76. The molecular formula is C15H23N3O2S. The Hall–Kier alpha value is -1.14. The van der Waals surface area contributed by atoms with E-state index in [2.05, 4.69) is 15.2 Å². The Balaban J connectivity index is 1.46. The molecule has 0 bridgehead atoms. The van der Waals surface area contributed by atoms with Crippen LogP contribution in [0.1, 0.15) is 25.7 Å². The highest BCUT2D eigenvalue weighted by molar-refractivity contribution is 7.92. The molecule has 1 N–H and O–H groups in total. The number of nitrogens with zero attached hydrogens (tertiary/aromatic N) is 2. The van der Waals surface area contributed by atoms with Gasteiger partial charge in [0.1, 0.15) is 5.82 Å². The minimum absolute atomic E-state index is 0.161. The van der Waals surface area contributed by atoms with E-state index in [1.807, 2.05) is 24.4 Å². The van der Waals surface area contributed by atoms with Gasteiger partial charge in [-0.05, 0) is 37.8 Å². The largest absolute Gasteiger partial charge is 0.357 e. The molecule has 1 aromatic heterocycles. The first kappa shape index (κ1) is 14.8. The van der Waals surface area contributed by atoms with Gasteiger partial charge in [0.2, 0.25) is 0 Å². The van der Waals surface area contributed by atoms with E-state index in [9.17, 15) is 8.42 Å². The standard InChI is InChI=1S/C15H23N3O2S/c19-21(20)11-3-4-14(21)12-17-13-6-9-18(10-7-13)15-5-1-2-8-16-15/h1-2,5,8,13-14,17H,3-4,6-7,9-12H2. The van der Waals surface area contributed by atoms with Crippen LogP contribution in [0.2, 0.25) is 0 Å². The van der Waals surface area contributed by atoms with Crippen molar-refractivity contribution < 1.29 is 8.42 Å². The molecule has 0 radical (unpaired) electrons. The number of piperidine rings is 1. The van der Waals surface area contributed by atoms with Gasteiger partial charge in [-0.25, -0.2) is 13.4 Å². The molecule has 6 heteroatoms. The lowest BCUT2D eigenvalue weighted by Gasteiger charge is -2.33. The van der Waals surface area contributed by atoms with Crippen molar-refractivity contribution >= 4 is 15.7 Å². The molecule has 3 rings (SSSR count). The number of anilines is 1. The molecule has 0 aromatic carbocycles. The first-order valence-corrected chi connectivity index (χ1v) is 9.47. The highest BCUT2D eigenvalue weighted by atomic mass is 32.2. The van der Waals surface area contributed by atoms with Crippen molar-refractivity contribution in [2.75, 3.05) is 30.3 Å². The molecule has 1 atom stereocenters. The van der Waals surface area contributed by atoms with E-state index < -0.39 is 9.84 Å². The SMILES string of the molecule is O=S1(=O)CCCC1CNC1CCN(c2ccccn2)CC1. The van der Waals surface area contributed by atoms with E-state index in [0.717, 1.165) is 44.6 Å². The van der Waals surface area contributed by atoms with Gasteiger partial charge in [0.25, 0.3) is 0 Å². The van der Waals surface area contributed by atoms with Gasteiger partial charge < -0.3 is 10.2 Å². The minimum atomic E-state index is -2.82. The molecule has 21 heavy (non-hydrogen) atoms. The van der Waals surface area contributed by atoms with Gasteiger partial charge >= 0.3 is 0 Å². The van der Waals surface area contributed by atoms with E-state index in [-0.39, 0.29) is 5.25 Å². The average molecular weight is 309 g/mol. The van der Waals surface area contributed by atoms with E-state index in [1.165, 1.54) is 0 Å². The lowest BCUT2D eigenvalue weighted by Crippen LogP contribution is -2.45. The minimum Gasteiger partial charge on any atom is -0.357 e. The van der Waals surface area contributed by atoms with Crippen LogP contribution in [-0.4, -0.2) is 50.1 Å². The van der Waals surface area contributed by atoms with Gasteiger partial charge in [0.05, 0.1) is 11.0 Å². The van der Waals surface area contributed by atoms with Gasteiger partial charge in [-0.1, -0.05) is 6.07 Å². The van der Waals surface area contributed by atoms with Crippen LogP contribution in [0.5, 0.6) is 0 Å². The van der Waals surface area contributed by atoms with Crippen molar-refractivity contribution in [3.8, 4) is 0 Å². The third-order valence-electron chi connectivity index (χ3n) is 4.57. The molecule has 116 valence electrons. The number of nitrogens with one attached hydrogen (secondary N) is 1. The summed E-state index contributed by atoms with van der Waals surface area (Å²) in [4.78, 5) is 6.68. The zero-order chi connectivity index (χ0) is 14.7. The van der Waals surface area contributed by atoms with Gasteiger partial charge in [0, 0.05) is 31.9 Å². The second-order valence-electron chi connectivity index (χ2n) is 5.99. The van der Waals surface area contributed by atoms with E-state index in [1.54, 1.807) is 0 Å². The van der Waals surface area contributed by atoms with E-state index >= 15 is 0 Å². The van der Waals surface area contributed by atoms with Crippen LogP contribution < -0.4 is 10.2 Å². The van der Waals surface area contributed by atoms with Crippen molar-refractivity contribution in [2.24, 2.45) is 0 Å². The molecule has 0 saturated carbocycles. The lowest BCUT2D eigenvalue weighted by atomic mass is 10.0.